The molecular weight excluding hydrogens is 725 g/mol. The molecule has 0 radical (unpaired) electrons. The number of benzene rings is 4. The van der Waals surface area contributed by atoms with Crippen molar-refractivity contribution in [1.82, 2.24) is 0 Å². The molecule has 0 fully saturated rings. The van der Waals surface area contributed by atoms with Crippen LogP contribution in [0.25, 0.3) is 0 Å². The second-order valence-electron chi connectivity index (χ2n) is 11.2. The van der Waals surface area contributed by atoms with Crippen molar-refractivity contribution in [2.45, 2.75) is 13.2 Å². The van der Waals surface area contributed by atoms with E-state index in [1.807, 2.05) is 0 Å². The molecule has 4 aromatic carbocycles. The predicted molar refractivity (Wildman–Crippen MR) is 147 cm³/mol. The molecule has 0 saturated carbocycles. The third-order valence-corrected chi connectivity index (χ3v) is 8.56. The first kappa shape index (κ1) is 35.5. The van der Waals surface area contributed by atoms with E-state index in [0.717, 1.165) is 16.6 Å². The number of para-hydroxylation sites is 2. The molecule has 0 unspecified atom stereocenters. The maximum Gasteiger partial charge on any atom is 0.996 e. The standard InChI is InChI=1S/C31H12B2F15NO2/c1-10-5-4-6-11(49(10)32-50-12-7-2-3-8-13(12)51-32)9-33(14-17(34)23(40)29(46)24(41)18(14)35,15-19(36)25(42)30(47)26(43)20(15)37)16-21(38)27(44)31(48)28(45)22(16)39/h2-8H,9H2,1H3. The SMILES string of the molecule is Cc1cccc(C[B-](c2c(F)c(F)c(F)c(F)c2F)(c2c(F)c(F)c(F)c(F)c2F)c2c(F)c(F)c(F)c(F)c2F)[n+]1B1Oc2ccccc2O1. The molecule has 0 bridgehead atoms. The summed E-state index contributed by atoms with van der Waals surface area (Å²) >= 11 is 0. The summed E-state index contributed by atoms with van der Waals surface area (Å²) in [7, 11) is -1.78. The first-order valence-electron chi connectivity index (χ1n) is 14.1. The van der Waals surface area contributed by atoms with Gasteiger partial charge in [0.1, 0.15) is 58.2 Å². The molecule has 0 atom stereocenters. The van der Waals surface area contributed by atoms with Crippen LogP contribution in [0.1, 0.15) is 11.4 Å². The zero-order chi connectivity index (χ0) is 37.4. The zero-order valence-electron chi connectivity index (χ0n) is 24.8. The number of aryl methyl sites for hydroxylation is 1. The van der Waals surface area contributed by atoms with Crippen LogP contribution >= 0.6 is 0 Å². The predicted octanol–water partition coefficient (Wildman–Crippen LogP) is 5.93. The Morgan fingerprint density at radius 3 is 1.10 bits per heavy atom. The minimum atomic E-state index is -5.84. The zero-order valence-corrected chi connectivity index (χ0v) is 24.8. The molecule has 2 heterocycles. The van der Waals surface area contributed by atoms with Crippen LogP contribution in [0.15, 0.2) is 42.5 Å². The van der Waals surface area contributed by atoms with E-state index in [1.165, 1.54) is 37.3 Å². The normalized spacial score (nSPS) is 12.7. The molecule has 6 rings (SSSR count). The number of halogens is 15. The van der Waals surface area contributed by atoms with Crippen LogP contribution in [0.5, 0.6) is 11.5 Å². The molecule has 0 N–H and O–H groups in total. The molecule has 1 aliphatic rings. The minimum absolute atomic E-state index is 0.000253. The molecule has 264 valence electrons. The maximum atomic E-state index is 15.9. The summed E-state index contributed by atoms with van der Waals surface area (Å²) in [4.78, 5) is 0. The quantitative estimate of drug-likeness (QED) is 0.0935. The number of nitrogens with zero attached hydrogens (tertiary/aromatic N) is 1. The Bertz CT molecular complexity index is 2030. The molecule has 3 nitrogen and oxygen atoms in total. The van der Waals surface area contributed by atoms with Gasteiger partial charge in [-0.2, -0.15) is 0 Å². The van der Waals surface area contributed by atoms with Crippen LogP contribution < -0.4 is 30.2 Å². The summed E-state index contributed by atoms with van der Waals surface area (Å²) in [6.45, 7) is 1.23. The van der Waals surface area contributed by atoms with Crippen LogP contribution in [0.2, 0.25) is 0 Å². The Balaban J connectivity index is 1.87. The van der Waals surface area contributed by atoms with Gasteiger partial charge in [0.15, 0.2) is 58.0 Å². The van der Waals surface area contributed by atoms with E-state index in [2.05, 4.69) is 0 Å². The van der Waals surface area contributed by atoms with E-state index < -0.39 is 129 Å². The van der Waals surface area contributed by atoms with E-state index in [4.69, 9.17) is 9.31 Å². The largest absolute Gasteiger partial charge is 0.996 e. The summed E-state index contributed by atoms with van der Waals surface area (Å²) in [5.74, 6) is -46.0. The Labute approximate surface area is 275 Å². The van der Waals surface area contributed by atoms with E-state index in [9.17, 15) is 39.5 Å². The van der Waals surface area contributed by atoms with E-state index in [0.29, 0.717) is 0 Å². The molecular formula is C31H12B2F15NO2. The van der Waals surface area contributed by atoms with Crippen molar-refractivity contribution in [1.29, 1.82) is 0 Å². The van der Waals surface area contributed by atoms with Crippen molar-refractivity contribution >= 4 is 29.8 Å². The van der Waals surface area contributed by atoms with Gasteiger partial charge in [-0.25, -0.2) is 70.3 Å². The summed E-state index contributed by atoms with van der Waals surface area (Å²) in [5.41, 5.74) is -9.01. The number of pyridine rings is 1. The van der Waals surface area contributed by atoms with Gasteiger partial charge in [-0.15, -0.1) is 16.4 Å². The summed E-state index contributed by atoms with van der Waals surface area (Å²) < 4.78 is 240. The monoisotopic (exact) mass is 737 g/mol. The van der Waals surface area contributed by atoms with Gasteiger partial charge in [-0.3, -0.25) is 0 Å². The van der Waals surface area contributed by atoms with Gasteiger partial charge in [-0.05, 0) is 18.2 Å². The number of aromatic nitrogens is 1. The number of hydrogen-bond donors (Lipinski definition) is 0. The van der Waals surface area contributed by atoms with Gasteiger partial charge < -0.3 is 9.31 Å². The number of fused-ring (bicyclic) bond motifs is 1. The van der Waals surface area contributed by atoms with Crippen molar-refractivity contribution in [2.75, 3.05) is 0 Å². The van der Waals surface area contributed by atoms with Crippen molar-refractivity contribution < 1.29 is 79.6 Å². The summed E-state index contributed by atoms with van der Waals surface area (Å²) in [6, 6.07) is 8.66. The highest BCUT2D eigenvalue weighted by atomic mass is 19.2. The second kappa shape index (κ2) is 12.5. The van der Waals surface area contributed by atoms with Crippen LogP contribution in [-0.2, 0) is 6.32 Å². The lowest BCUT2D eigenvalue weighted by Crippen LogP contribution is -2.76. The van der Waals surface area contributed by atoms with E-state index >= 15 is 26.3 Å². The van der Waals surface area contributed by atoms with Gasteiger partial charge in [0.05, 0.1) is 0 Å². The molecule has 0 aliphatic carbocycles. The first-order valence-corrected chi connectivity index (χ1v) is 14.1. The highest BCUT2D eigenvalue weighted by Gasteiger charge is 2.53. The third kappa shape index (κ3) is 5.08. The van der Waals surface area contributed by atoms with Crippen molar-refractivity contribution in [2.24, 2.45) is 0 Å². The van der Waals surface area contributed by atoms with Crippen LogP contribution in [0.3, 0.4) is 0 Å². The van der Waals surface area contributed by atoms with Crippen LogP contribution in [0.4, 0.5) is 65.9 Å². The van der Waals surface area contributed by atoms with Crippen molar-refractivity contribution in [3.8, 4) is 11.5 Å². The Morgan fingerprint density at radius 1 is 0.451 bits per heavy atom. The lowest BCUT2D eigenvalue weighted by Gasteiger charge is -2.43. The second-order valence-corrected chi connectivity index (χ2v) is 11.2. The van der Waals surface area contributed by atoms with E-state index in [1.54, 1.807) is 0 Å². The highest BCUT2D eigenvalue weighted by molar-refractivity contribution is 7.11. The summed E-state index contributed by atoms with van der Waals surface area (Å²) in [6.07, 6.45) is -7.86. The molecule has 20 heteroatoms. The lowest BCUT2D eigenvalue weighted by molar-refractivity contribution is -0.572. The first-order chi connectivity index (χ1) is 24.0. The Hall–Kier alpha value is -5.29. The van der Waals surface area contributed by atoms with Gasteiger partial charge in [0.2, 0.25) is 0 Å². The fourth-order valence-corrected chi connectivity index (χ4v) is 6.36. The molecule has 5 aromatic rings. The highest BCUT2D eigenvalue weighted by Crippen LogP contribution is 2.33. The number of rotatable bonds is 6. The van der Waals surface area contributed by atoms with Crippen molar-refractivity contribution in [3.63, 3.8) is 0 Å². The fraction of sp³-hybridized carbons (Fsp3) is 0.0645. The topological polar surface area (TPSA) is 22.3 Å². The van der Waals surface area contributed by atoms with Crippen LogP contribution in [-0.4, -0.2) is 13.4 Å². The van der Waals surface area contributed by atoms with Gasteiger partial charge in [-0.1, -0.05) is 24.5 Å². The molecule has 0 saturated heterocycles. The van der Waals surface area contributed by atoms with Gasteiger partial charge >= 0.3 is 7.25 Å². The molecule has 0 amide bonds. The van der Waals surface area contributed by atoms with Crippen molar-refractivity contribution in [3.05, 3.63) is 141 Å². The Morgan fingerprint density at radius 2 is 0.765 bits per heavy atom. The molecule has 1 aliphatic heterocycles. The van der Waals surface area contributed by atoms with Gasteiger partial charge in [0, 0.05) is 13.0 Å². The average Bonchev–Trinajstić information content (AvgIpc) is 3.53. The van der Waals surface area contributed by atoms with Crippen LogP contribution in [0, 0.1) is 94.2 Å². The Kier molecular flexibility index (Phi) is 8.70. The number of hydrogen-bond acceptors (Lipinski definition) is 2. The average molecular weight is 737 g/mol. The third-order valence-electron chi connectivity index (χ3n) is 8.56. The smallest absolute Gasteiger partial charge is 0.459 e. The fourth-order valence-electron chi connectivity index (χ4n) is 6.36. The maximum absolute atomic E-state index is 15.9. The van der Waals surface area contributed by atoms with Gasteiger partial charge in [0.25, 0.3) is 0 Å². The molecule has 0 spiro atoms. The molecule has 1 aromatic heterocycles. The summed E-state index contributed by atoms with van der Waals surface area (Å²) in [5, 5.41) is 0. The lowest BCUT2D eigenvalue weighted by atomic mass is 9.13. The van der Waals surface area contributed by atoms with E-state index in [-0.39, 0.29) is 17.2 Å². The minimum Gasteiger partial charge on any atom is -0.459 e. The molecule has 51 heavy (non-hydrogen) atoms.